The number of nitrogens with zero attached hydrogens (tertiary/aromatic N) is 1. The van der Waals surface area contributed by atoms with Crippen molar-refractivity contribution in [3.63, 3.8) is 0 Å². The highest BCUT2D eigenvalue weighted by molar-refractivity contribution is 7.12. The maximum atomic E-state index is 11.6. The maximum Gasteiger partial charge on any atom is 0.266 e. The van der Waals surface area contributed by atoms with E-state index in [0.29, 0.717) is 17.1 Å². The van der Waals surface area contributed by atoms with E-state index in [-0.39, 0.29) is 5.91 Å². The maximum absolute atomic E-state index is 11.6. The van der Waals surface area contributed by atoms with E-state index in [1.165, 1.54) is 11.3 Å². The Balaban J connectivity index is 2.79. The van der Waals surface area contributed by atoms with Crippen molar-refractivity contribution in [1.82, 2.24) is 4.90 Å². The van der Waals surface area contributed by atoms with E-state index in [0.717, 1.165) is 0 Å². The Morgan fingerprint density at radius 1 is 1.85 bits per heavy atom. The van der Waals surface area contributed by atoms with Crippen molar-refractivity contribution in [3.05, 3.63) is 29.0 Å². The topological polar surface area (TPSA) is 46.3 Å². The minimum Gasteiger partial charge on any atom is -0.397 e. The molecule has 0 aliphatic heterocycles. The highest BCUT2D eigenvalue weighted by Crippen LogP contribution is 2.20. The molecular weight excluding hydrogens is 184 g/mol. The molecule has 1 aromatic rings. The first kappa shape index (κ1) is 9.80. The molecule has 0 bridgehead atoms. The highest BCUT2D eigenvalue weighted by atomic mass is 32.1. The molecule has 0 aromatic carbocycles. The molecule has 70 valence electrons. The van der Waals surface area contributed by atoms with Gasteiger partial charge in [-0.1, -0.05) is 6.08 Å². The van der Waals surface area contributed by atoms with Gasteiger partial charge in [0.25, 0.3) is 5.91 Å². The molecule has 0 aliphatic carbocycles. The SMILES string of the molecule is C=CCN(C)C(=O)c1sccc1N. The van der Waals surface area contributed by atoms with E-state index in [4.69, 9.17) is 5.73 Å². The Bertz CT molecular complexity index is 319. The number of thiophene rings is 1. The van der Waals surface area contributed by atoms with Crippen LogP contribution in [-0.4, -0.2) is 24.4 Å². The predicted octanol–water partition coefficient (Wildman–Crippen LogP) is 1.59. The second-order valence-corrected chi connectivity index (χ2v) is 3.60. The van der Waals surface area contributed by atoms with Crippen LogP contribution in [0, 0.1) is 0 Å². The Hall–Kier alpha value is -1.29. The fourth-order valence-electron chi connectivity index (χ4n) is 0.943. The number of nitrogens with two attached hydrogens (primary N) is 1. The van der Waals surface area contributed by atoms with Gasteiger partial charge in [0.15, 0.2) is 0 Å². The summed E-state index contributed by atoms with van der Waals surface area (Å²) in [5.41, 5.74) is 6.16. The first-order chi connectivity index (χ1) is 6.16. The summed E-state index contributed by atoms with van der Waals surface area (Å²) in [6.07, 6.45) is 1.68. The Morgan fingerprint density at radius 2 is 2.54 bits per heavy atom. The van der Waals surface area contributed by atoms with Crippen molar-refractivity contribution in [2.75, 3.05) is 19.3 Å². The molecule has 0 spiro atoms. The first-order valence-electron chi connectivity index (χ1n) is 3.86. The van der Waals surface area contributed by atoms with Gasteiger partial charge in [0, 0.05) is 13.6 Å². The van der Waals surface area contributed by atoms with Gasteiger partial charge in [0.1, 0.15) is 4.88 Å². The van der Waals surface area contributed by atoms with Crippen molar-refractivity contribution < 1.29 is 4.79 Å². The number of hydrogen-bond donors (Lipinski definition) is 1. The number of rotatable bonds is 3. The minimum absolute atomic E-state index is 0.0487. The Labute approximate surface area is 81.5 Å². The van der Waals surface area contributed by atoms with Crippen LogP contribution in [0.1, 0.15) is 9.67 Å². The quantitative estimate of drug-likeness (QED) is 0.746. The molecule has 0 atom stereocenters. The number of anilines is 1. The largest absolute Gasteiger partial charge is 0.397 e. The summed E-state index contributed by atoms with van der Waals surface area (Å²) < 4.78 is 0. The molecule has 0 saturated carbocycles. The van der Waals surface area contributed by atoms with Crippen molar-refractivity contribution in [2.24, 2.45) is 0 Å². The minimum atomic E-state index is -0.0487. The van der Waals surface area contributed by atoms with Crippen LogP contribution in [0.3, 0.4) is 0 Å². The zero-order valence-electron chi connectivity index (χ0n) is 7.49. The summed E-state index contributed by atoms with van der Waals surface area (Å²) in [5, 5.41) is 1.81. The average molecular weight is 196 g/mol. The van der Waals surface area contributed by atoms with E-state index < -0.39 is 0 Å². The molecule has 2 N–H and O–H groups in total. The summed E-state index contributed by atoms with van der Waals surface area (Å²) in [4.78, 5) is 13.8. The van der Waals surface area contributed by atoms with Gasteiger partial charge >= 0.3 is 0 Å². The molecule has 0 saturated heterocycles. The molecule has 1 aromatic heterocycles. The fourth-order valence-corrected chi connectivity index (χ4v) is 1.75. The van der Waals surface area contributed by atoms with Gasteiger partial charge in [-0.05, 0) is 11.4 Å². The van der Waals surface area contributed by atoms with Crippen molar-refractivity contribution >= 4 is 22.9 Å². The van der Waals surface area contributed by atoms with Crippen LogP contribution in [-0.2, 0) is 0 Å². The Morgan fingerprint density at radius 3 is 3.00 bits per heavy atom. The van der Waals surface area contributed by atoms with Crippen LogP contribution in [0.2, 0.25) is 0 Å². The summed E-state index contributed by atoms with van der Waals surface area (Å²) in [6, 6.07) is 1.74. The lowest BCUT2D eigenvalue weighted by molar-refractivity contribution is 0.0816. The molecule has 3 nitrogen and oxygen atoms in total. The molecule has 0 radical (unpaired) electrons. The molecule has 0 aliphatic rings. The summed E-state index contributed by atoms with van der Waals surface area (Å²) in [5.74, 6) is -0.0487. The number of carbonyl (C=O) groups is 1. The van der Waals surface area contributed by atoms with Crippen molar-refractivity contribution in [3.8, 4) is 0 Å². The normalized spacial score (nSPS) is 9.62. The zero-order valence-corrected chi connectivity index (χ0v) is 8.30. The fraction of sp³-hybridized carbons (Fsp3) is 0.222. The molecule has 1 heterocycles. The second kappa shape index (κ2) is 4.09. The molecule has 4 heteroatoms. The third kappa shape index (κ3) is 2.09. The van der Waals surface area contributed by atoms with Crippen molar-refractivity contribution in [1.29, 1.82) is 0 Å². The van der Waals surface area contributed by atoms with Gasteiger partial charge in [-0.15, -0.1) is 17.9 Å². The summed E-state index contributed by atoms with van der Waals surface area (Å²) in [6.45, 7) is 4.10. The van der Waals surface area contributed by atoms with Gasteiger partial charge in [-0.25, -0.2) is 0 Å². The third-order valence-electron chi connectivity index (χ3n) is 1.64. The number of nitrogen functional groups attached to an aromatic ring is 1. The van der Waals surface area contributed by atoms with Crippen LogP contribution < -0.4 is 5.73 Å². The number of likely N-dealkylation sites (N-methyl/N-ethyl adjacent to an activating group) is 1. The smallest absolute Gasteiger partial charge is 0.266 e. The lowest BCUT2D eigenvalue weighted by atomic mass is 10.3. The van der Waals surface area contributed by atoms with Crippen LogP contribution in [0.4, 0.5) is 5.69 Å². The highest BCUT2D eigenvalue weighted by Gasteiger charge is 2.14. The van der Waals surface area contributed by atoms with Gasteiger partial charge < -0.3 is 10.6 Å². The molecule has 0 fully saturated rings. The van der Waals surface area contributed by atoms with E-state index in [9.17, 15) is 4.79 Å². The molecule has 0 unspecified atom stereocenters. The summed E-state index contributed by atoms with van der Waals surface area (Å²) in [7, 11) is 1.73. The van der Waals surface area contributed by atoms with E-state index in [2.05, 4.69) is 6.58 Å². The Kier molecular flexibility index (Phi) is 3.08. The van der Waals surface area contributed by atoms with Gasteiger partial charge in [0.2, 0.25) is 0 Å². The van der Waals surface area contributed by atoms with E-state index >= 15 is 0 Å². The third-order valence-corrected chi connectivity index (χ3v) is 2.56. The van der Waals surface area contributed by atoms with Crippen LogP contribution in [0.5, 0.6) is 0 Å². The van der Waals surface area contributed by atoms with Crippen LogP contribution in [0.15, 0.2) is 24.1 Å². The van der Waals surface area contributed by atoms with Crippen molar-refractivity contribution in [2.45, 2.75) is 0 Å². The van der Waals surface area contributed by atoms with E-state index in [1.54, 1.807) is 24.1 Å². The molecule has 1 amide bonds. The zero-order chi connectivity index (χ0) is 9.84. The number of amides is 1. The van der Waals surface area contributed by atoms with E-state index in [1.807, 2.05) is 5.38 Å². The average Bonchev–Trinajstić information content (AvgIpc) is 2.50. The monoisotopic (exact) mass is 196 g/mol. The standard InChI is InChI=1S/C9H12N2OS/c1-3-5-11(2)9(12)8-7(10)4-6-13-8/h3-4,6H,1,5,10H2,2H3. The lowest BCUT2D eigenvalue weighted by Crippen LogP contribution is -2.26. The van der Waals surface area contributed by atoms with Gasteiger partial charge in [-0.3, -0.25) is 4.79 Å². The first-order valence-corrected chi connectivity index (χ1v) is 4.74. The number of carbonyl (C=O) groups excluding carboxylic acids is 1. The van der Waals surface area contributed by atoms with Crippen LogP contribution in [0.25, 0.3) is 0 Å². The molecule has 1 rings (SSSR count). The summed E-state index contributed by atoms with van der Waals surface area (Å²) >= 11 is 1.36. The second-order valence-electron chi connectivity index (χ2n) is 2.68. The van der Waals surface area contributed by atoms with Gasteiger partial charge in [-0.2, -0.15) is 0 Å². The van der Waals surface area contributed by atoms with Crippen LogP contribution >= 0.6 is 11.3 Å². The molecular formula is C9H12N2OS. The lowest BCUT2D eigenvalue weighted by Gasteiger charge is -2.13. The van der Waals surface area contributed by atoms with Gasteiger partial charge in [0.05, 0.1) is 5.69 Å². The number of hydrogen-bond acceptors (Lipinski definition) is 3. The predicted molar refractivity (Wildman–Crippen MR) is 55.9 cm³/mol. The molecule has 13 heavy (non-hydrogen) atoms.